The molecule has 2 heterocycles. The van der Waals surface area contributed by atoms with Gasteiger partial charge in [0.05, 0.1) is 40.5 Å². The Morgan fingerprint density at radius 3 is 2.91 bits per heavy atom. The first-order chi connectivity index (χ1) is 11.2. The lowest BCUT2D eigenvalue weighted by atomic mass is 10.2. The maximum atomic E-state index is 9.48. The molecule has 0 fully saturated rings. The third-order valence-corrected chi connectivity index (χ3v) is 4.45. The first kappa shape index (κ1) is 15.0. The Morgan fingerprint density at radius 2 is 2.17 bits per heavy atom. The maximum absolute atomic E-state index is 9.48. The van der Waals surface area contributed by atoms with Gasteiger partial charge in [-0.1, -0.05) is 12.1 Å². The first-order valence-electron chi connectivity index (χ1n) is 7.10. The van der Waals surface area contributed by atoms with Gasteiger partial charge in [-0.25, -0.2) is 4.98 Å². The van der Waals surface area contributed by atoms with Crippen LogP contribution >= 0.6 is 11.3 Å². The number of fused-ring (bicyclic) bond motifs is 1. The zero-order valence-electron chi connectivity index (χ0n) is 12.5. The van der Waals surface area contributed by atoms with E-state index in [1.165, 1.54) is 11.3 Å². The number of thiazole rings is 1. The largest absolute Gasteiger partial charge is 0.271 e. The van der Waals surface area contributed by atoms with Gasteiger partial charge in [-0.3, -0.25) is 4.68 Å². The number of nitriles is 2. The molecule has 0 atom stereocenters. The second-order valence-corrected chi connectivity index (χ2v) is 6.03. The molecule has 3 rings (SSSR count). The van der Waals surface area contributed by atoms with Gasteiger partial charge in [0.15, 0.2) is 0 Å². The Bertz CT molecular complexity index is 932. The summed E-state index contributed by atoms with van der Waals surface area (Å²) in [4.78, 5) is 4.52. The summed E-state index contributed by atoms with van der Waals surface area (Å²) in [7, 11) is 0. The Morgan fingerprint density at radius 1 is 1.35 bits per heavy atom. The number of para-hydroxylation sites is 1. The van der Waals surface area contributed by atoms with Crippen LogP contribution in [0, 0.1) is 29.6 Å². The van der Waals surface area contributed by atoms with Gasteiger partial charge in [-0.05, 0) is 25.1 Å². The zero-order chi connectivity index (χ0) is 16.2. The van der Waals surface area contributed by atoms with Crippen LogP contribution in [0.1, 0.15) is 22.7 Å². The van der Waals surface area contributed by atoms with Crippen LogP contribution < -0.4 is 0 Å². The monoisotopic (exact) mass is 319 g/mol. The molecule has 0 aliphatic rings. The fourth-order valence-electron chi connectivity index (χ4n) is 2.24. The van der Waals surface area contributed by atoms with E-state index in [4.69, 9.17) is 5.26 Å². The van der Waals surface area contributed by atoms with Crippen LogP contribution in [0.4, 0.5) is 0 Å². The van der Waals surface area contributed by atoms with E-state index < -0.39 is 0 Å². The molecule has 0 amide bonds. The third kappa shape index (κ3) is 3.13. The topological polar surface area (TPSA) is 78.3 Å². The molecule has 6 heteroatoms. The predicted molar refractivity (Wildman–Crippen MR) is 90.3 cm³/mol. The van der Waals surface area contributed by atoms with Gasteiger partial charge in [0.25, 0.3) is 0 Å². The van der Waals surface area contributed by atoms with E-state index in [-0.39, 0.29) is 0 Å². The highest BCUT2D eigenvalue weighted by Crippen LogP contribution is 2.28. The molecule has 5 nitrogen and oxygen atoms in total. The summed E-state index contributed by atoms with van der Waals surface area (Å²) in [6.07, 6.45) is 4.08. The van der Waals surface area contributed by atoms with Crippen LogP contribution in [0.3, 0.4) is 0 Å². The van der Waals surface area contributed by atoms with Gasteiger partial charge >= 0.3 is 0 Å². The standard InChI is InChI=1S/C17H13N5S/c1-12-14(11-22(21-12)8-4-7-18)9-13(10-19)17-20-15-5-2-3-6-16(15)23-17/h2-3,5-6,9,11H,4,8H2,1H3. The van der Waals surface area contributed by atoms with E-state index in [0.29, 0.717) is 23.5 Å². The zero-order valence-corrected chi connectivity index (χ0v) is 13.3. The van der Waals surface area contributed by atoms with Crippen molar-refractivity contribution in [3.63, 3.8) is 0 Å². The third-order valence-electron chi connectivity index (χ3n) is 3.38. The molecule has 0 saturated heterocycles. The number of hydrogen-bond acceptors (Lipinski definition) is 5. The number of rotatable bonds is 4. The van der Waals surface area contributed by atoms with Gasteiger partial charge in [0.1, 0.15) is 11.1 Å². The van der Waals surface area contributed by atoms with Crippen LogP contribution in [-0.2, 0) is 6.54 Å². The minimum Gasteiger partial charge on any atom is -0.271 e. The smallest absolute Gasteiger partial charge is 0.135 e. The fourth-order valence-corrected chi connectivity index (χ4v) is 3.17. The normalized spacial score (nSPS) is 11.3. The van der Waals surface area contributed by atoms with Crippen molar-refractivity contribution in [3.8, 4) is 12.1 Å². The van der Waals surface area contributed by atoms with Crippen molar-refractivity contribution in [2.24, 2.45) is 0 Å². The average molecular weight is 319 g/mol. The van der Waals surface area contributed by atoms with Crippen molar-refractivity contribution in [2.45, 2.75) is 19.9 Å². The molecule has 3 aromatic rings. The van der Waals surface area contributed by atoms with Crippen LogP contribution in [0.2, 0.25) is 0 Å². The SMILES string of the molecule is Cc1nn(CCC#N)cc1C=C(C#N)c1nc2ccccc2s1. The van der Waals surface area contributed by atoms with Crippen LogP contribution in [0.15, 0.2) is 30.5 Å². The quantitative estimate of drug-likeness (QED) is 0.686. The Kier molecular flexibility index (Phi) is 4.18. The lowest BCUT2D eigenvalue weighted by Crippen LogP contribution is -1.97. The number of aryl methyl sites for hydroxylation is 2. The highest BCUT2D eigenvalue weighted by Gasteiger charge is 2.10. The van der Waals surface area contributed by atoms with Crippen molar-refractivity contribution < 1.29 is 0 Å². The average Bonchev–Trinajstić information content (AvgIpc) is 3.13. The molecule has 1 aromatic carbocycles. The summed E-state index contributed by atoms with van der Waals surface area (Å²) in [5.41, 5.74) is 3.12. The van der Waals surface area contributed by atoms with Gasteiger partial charge in [-0.15, -0.1) is 11.3 Å². The molecule has 2 aromatic heterocycles. The summed E-state index contributed by atoms with van der Waals surface area (Å²) >= 11 is 1.50. The highest BCUT2D eigenvalue weighted by atomic mass is 32.1. The molecular weight excluding hydrogens is 306 g/mol. The highest BCUT2D eigenvalue weighted by molar-refractivity contribution is 7.19. The van der Waals surface area contributed by atoms with Crippen LogP contribution in [0.25, 0.3) is 21.9 Å². The number of allylic oxidation sites excluding steroid dienone is 1. The van der Waals surface area contributed by atoms with Crippen LogP contribution in [-0.4, -0.2) is 14.8 Å². The molecule has 0 N–H and O–H groups in total. The lowest BCUT2D eigenvalue weighted by Gasteiger charge is -1.93. The summed E-state index contributed by atoms with van der Waals surface area (Å²) in [6.45, 7) is 2.44. The molecule has 0 radical (unpaired) electrons. The summed E-state index contributed by atoms with van der Waals surface area (Å²) < 4.78 is 2.79. The van der Waals surface area contributed by atoms with Gasteiger partial charge in [-0.2, -0.15) is 15.6 Å². The Hall–Kier alpha value is -2.96. The molecule has 112 valence electrons. The number of nitrogens with zero attached hydrogens (tertiary/aromatic N) is 5. The molecule has 0 aliphatic heterocycles. The maximum Gasteiger partial charge on any atom is 0.135 e. The molecule has 0 saturated carbocycles. The van der Waals surface area contributed by atoms with Crippen molar-refractivity contribution in [1.82, 2.24) is 14.8 Å². The Labute approximate surface area is 137 Å². The van der Waals surface area contributed by atoms with Crippen molar-refractivity contribution in [3.05, 3.63) is 46.7 Å². The summed E-state index contributed by atoms with van der Waals surface area (Å²) in [5, 5.41) is 23.2. The van der Waals surface area contributed by atoms with E-state index in [1.807, 2.05) is 43.5 Å². The minimum atomic E-state index is 0.410. The van der Waals surface area contributed by atoms with E-state index >= 15 is 0 Å². The van der Waals surface area contributed by atoms with Gasteiger partial charge < -0.3 is 0 Å². The van der Waals surface area contributed by atoms with Crippen molar-refractivity contribution in [1.29, 1.82) is 10.5 Å². The number of aromatic nitrogens is 3. The van der Waals surface area contributed by atoms with E-state index in [0.717, 1.165) is 21.5 Å². The van der Waals surface area contributed by atoms with E-state index in [1.54, 1.807) is 4.68 Å². The summed E-state index contributed by atoms with van der Waals surface area (Å²) in [5.74, 6) is 0. The molecule has 0 aliphatic carbocycles. The van der Waals surface area contributed by atoms with Gasteiger partial charge in [0, 0.05) is 11.8 Å². The molecular formula is C17H13N5S. The number of hydrogen-bond donors (Lipinski definition) is 0. The summed E-state index contributed by atoms with van der Waals surface area (Å²) in [6, 6.07) is 12.2. The van der Waals surface area contributed by atoms with E-state index in [9.17, 15) is 5.26 Å². The van der Waals surface area contributed by atoms with Gasteiger partial charge in [0.2, 0.25) is 0 Å². The molecule has 23 heavy (non-hydrogen) atoms. The lowest BCUT2D eigenvalue weighted by molar-refractivity contribution is 0.622. The van der Waals surface area contributed by atoms with Crippen molar-refractivity contribution >= 4 is 33.2 Å². The Balaban J connectivity index is 1.97. The van der Waals surface area contributed by atoms with Crippen LogP contribution in [0.5, 0.6) is 0 Å². The molecule has 0 unspecified atom stereocenters. The molecule has 0 bridgehead atoms. The second kappa shape index (κ2) is 6.43. The fraction of sp³-hybridized carbons (Fsp3) is 0.176. The second-order valence-electron chi connectivity index (χ2n) is 5.00. The molecule has 0 spiro atoms. The first-order valence-corrected chi connectivity index (χ1v) is 7.91. The minimum absolute atomic E-state index is 0.410. The number of benzene rings is 1. The predicted octanol–water partition coefficient (Wildman–Crippen LogP) is 3.78. The van der Waals surface area contributed by atoms with Crippen molar-refractivity contribution in [2.75, 3.05) is 0 Å². The van der Waals surface area contributed by atoms with E-state index in [2.05, 4.69) is 22.2 Å².